The summed E-state index contributed by atoms with van der Waals surface area (Å²) in [6, 6.07) is 26.0. The lowest BCUT2D eigenvalue weighted by Crippen LogP contribution is -2.38. The van der Waals surface area contributed by atoms with E-state index in [4.69, 9.17) is 9.84 Å². The molecule has 220 valence electrons. The molecule has 0 bridgehead atoms. The van der Waals surface area contributed by atoms with Gasteiger partial charge in [-0.1, -0.05) is 74.5 Å². The van der Waals surface area contributed by atoms with E-state index in [9.17, 15) is 14.7 Å². The van der Waals surface area contributed by atoms with Crippen LogP contribution in [0.2, 0.25) is 0 Å². The van der Waals surface area contributed by atoms with E-state index < -0.39 is 5.56 Å². The van der Waals surface area contributed by atoms with Crippen LogP contribution in [-0.2, 0) is 26.7 Å². The van der Waals surface area contributed by atoms with Crippen LogP contribution in [-0.4, -0.2) is 41.8 Å². The molecular weight excluding hydrogens is 542 g/mol. The molecule has 0 unspecified atom stereocenters. The summed E-state index contributed by atoms with van der Waals surface area (Å²) in [6.45, 7) is 5.63. The smallest absolute Gasteiger partial charge is 0.332 e. The monoisotopic (exact) mass is 577 g/mol. The molecule has 0 fully saturated rings. The number of hydrogen-bond donors (Lipinski definition) is 1. The number of para-hydroxylation sites is 1. The Morgan fingerprint density at radius 2 is 1.70 bits per heavy atom. The Hall–Kier alpha value is -4.89. The number of nitrogens with zero attached hydrogens (tertiary/aromatic N) is 5. The minimum atomic E-state index is -0.394. The molecular formula is C34H35N5O4. The van der Waals surface area contributed by atoms with Gasteiger partial charge < -0.3 is 14.4 Å². The molecule has 0 aliphatic carbocycles. The third-order valence-corrected chi connectivity index (χ3v) is 7.63. The fraction of sp³-hybridized carbons (Fsp3) is 0.265. The van der Waals surface area contributed by atoms with Crippen LogP contribution in [0.15, 0.2) is 94.6 Å². The summed E-state index contributed by atoms with van der Waals surface area (Å²) in [5.74, 6) is 0.734. The predicted octanol–water partition coefficient (Wildman–Crippen LogP) is 4.64. The van der Waals surface area contributed by atoms with E-state index in [1.54, 1.807) is 4.57 Å². The van der Waals surface area contributed by atoms with Crippen molar-refractivity contribution in [3.05, 3.63) is 117 Å². The molecule has 0 saturated heterocycles. The summed E-state index contributed by atoms with van der Waals surface area (Å²) in [4.78, 5) is 27.1. The van der Waals surface area contributed by atoms with E-state index in [0.717, 1.165) is 26.6 Å². The van der Waals surface area contributed by atoms with Crippen LogP contribution < -0.4 is 16.0 Å². The van der Waals surface area contributed by atoms with Gasteiger partial charge in [0.15, 0.2) is 5.65 Å². The largest absolute Gasteiger partial charge is 0.491 e. The molecule has 9 nitrogen and oxygen atoms in total. The third kappa shape index (κ3) is 5.39. The fourth-order valence-corrected chi connectivity index (χ4v) is 5.72. The molecule has 0 radical (unpaired) electrons. The maximum Gasteiger partial charge on any atom is 0.332 e. The quantitative estimate of drug-likeness (QED) is 0.256. The second-order valence-electron chi connectivity index (χ2n) is 11.2. The van der Waals surface area contributed by atoms with Crippen LogP contribution >= 0.6 is 0 Å². The second kappa shape index (κ2) is 11.8. The van der Waals surface area contributed by atoms with Gasteiger partial charge >= 0.3 is 5.69 Å². The Labute approximate surface area is 248 Å². The first kappa shape index (κ1) is 28.2. The van der Waals surface area contributed by atoms with Crippen molar-refractivity contribution in [2.75, 3.05) is 13.2 Å². The third-order valence-electron chi connectivity index (χ3n) is 7.63. The van der Waals surface area contributed by atoms with Gasteiger partial charge in [-0.15, -0.1) is 0 Å². The Bertz CT molecular complexity index is 2030. The van der Waals surface area contributed by atoms with Crippen LogP contribution in [0.25, 0.3) is 33.2 Å². The Balaban J connectivity index is 1.57. The van der Waals surface area contributed by atoms with Gasteiger partial charge in [-0.2, -0.15) is 5.10 Å². The SMILES string of the molecule is CC(C)Cn1c(=O)n(C)c(=O)c2c(-c3cccc(OCCO)c3)n(Cc3cn(Cc4ccccc4)c4ccccc34)nc21. The van der Waals surface area contributed by atoms with E-state index in [0.29, 0.717) is 42.1 Å². The van der Waals surface area contributed by atoms with Gasteiger partial charge in [0.1, 0.15) is 17.7 Å². The molecule has 0 atom stereocenters. The number of ether oxygens (including phenoxy) is 1. The van der Waals surface area contributed by atoms with E-state index >= 15 is 0 Å². The molecule has 0 saturated carbocycles. The van der Waals surface area contributed by atoms with Crippen molar-refractivity contribution in [3.8, 4) is 17.0 Å². The number of aromatic nitrogens is 5. The van der Waals surface area contributed by atoms with Gasteiger partial charge in [-0.3, -0.25) is 18.6 Å². The highest BCUT2D eigenvalue weighted by molar-refractivity contribution is 5.91. The van der Waals surface area contributed by atoms with Crippen molar-refractivity contribution in [2.45, 2.75) is 33.5 Å². The maximum absolute atomic E-state index is 13.8. The van der Waals surface area contributed by atoms with Gasteiger partial charge in [0, 0.05) is 42.8 Å². The molecule has 0 aliphatic rings. The lowest BCUT2D eigenvalue weighted by atomic mass is 10.1. The normalized spacial score (nSPS) is 11.7. The minimum absolute atomic E-state index is 0.111. The molecule has 3 aromatic carbocycles. The number of aliphatic hydroxyl groups is 1. The van der Waals surface area contributed by atoms with Crippen LogP contribution in [0.5, 0.6) is 5.75 Å². The van der Waals surface area contributed by atoms with Crippen molar-refractivity contribution >= 4 is 21.9 Å². The summed E-state index contributed by atoms with van der Waals surface area (Å²) < 4.78 is 12.5. The van der Waals surface area contributed by atoms with Gasteiger partial charge in [-0.05, 0) is 35.2 Å². The zero-order valence-electron chi connectivity index (χ0n) is 24.6. The summed E-state index contributed by atoms with van der Waals surface area (Å²) in [5, 5.41) is 15.7. The fourth-order valence-electron chi connectivity index (χ4n) is 5.72. The zero-order valence-corrected chi connectivity index (χ0v) is 24.6. The Morgan fingerprint density at radius 3 is 2.47 bits per heavy atom. The summed E-state index contributed by atoms with van der Waals surface area (Å²) in [7, 11) is 1.51. The average Bonchev–Trinajstić information content (AvgIpc) is 3.56. The highest BCUT2D eigenvalue weighted by Crippen LogP contribution is 2.31. The van der Waals surface area contributed by atoms with Gasteiger partial charge in [0.25, 0.3) is 5.56 Å². The topological polar surface area (TPSA) is 96.2 Å². The van der Waals surface area contributed by atoms with Crippen LogP contribution in [0.1, 0.15) is 25.0 Å². The van der Waals surface area contributed by atoms with Crippen molar-refractivity contribution < 1.29 is 9.84 Å². The van der Waals surface area contributed by atoms with Gasteiger partial charge in [0.2, 0.25) is 0 Å². The van der Waals surface area contributed by atoms with E-state index in [-0.39, 0.29) is 24.8 Å². The van der Waals surface area contributed by atoms with Crippen molar-refractivity contribution in [1.29, 1.82) is 0 Å². The van der Waals surface area contributed by atoms with Crippen molar-refractivity contribution in [2.24, 2.45) is 13.0 Å². The first-order valence-corrected chi connectivity index (χ1v) is 14.5. The van der Waals surface area contributed by atoms with E-state index in [1.807, 2.05) is 73.1 Å². The molecule has 3 aromatic heterocycles. The Morgan fingerprint density at radius 1 is 0.930 bits per heavy atom. The zero-order chi connectivity index (χ0) is 30.1. The molecule has 1 N–H and O–H groups in total. The lowest BCUT2D eigenvalue weighted by molar-refractivity contribution is 0.201. The standard InChI is InChI=1S/C34H35N5O4/c1-23(2)19-38-32-30(33(41)36(3)34(38)42)31(25-12-9-13-27(18-25)43-17-16-40)39(35-32)22-26-21-37(20-24-10-5-4-6-11-24)29-15-8-7-14-28(26)29/h4-15,18,21,23,40H,16-17,19-20,22H2,1-3H3. The summed E-state index contributed by atoms with van der Waals surface area (Å²) in [5.41, 5.74) is 4.28. The van der Waals surface area contributed by atoms with Crippen LogP contribution in [0, 0.1) is 5.92 Å². The number of fused-ring (bicyclic) bond motifs is 2. The van der Waals surface area contributed by atoms with Crippen LogP contribution in [0.3, 0.4) is 0 Å². The summed E-state index contributed by atoms with van der Waals surface area (Å²) in [6.07, 6.45) is 2.15. The van der Waals surface area contributed by atoms with Crippen molar-refractivity contribution in [3.63, 3.8) is 0 Å². The molecule has 6 rings (SSSR count). The highest BCUT2D eigenvalue weighted by atomic mass is 16.5. The molecule has 9 heteroatoms. The maximum atomic E-state index is 13.8. The molecule has 0 spiro atoms. The van der Waals surface area contributed by atoms with Crippen molar-refractivity contribution in [1.82, 2.24) is 23.5 Å². The van der Waals surface area contributed by atoms with Gasteiger partial charge in [0.05, 0.1) is 18.8 Å². The lowest BCUT2D eigenvalue weighted by Gasteiger charge is -2.11. The Kier molecular flexibility index (Phi) is 7.73. The number of benzene rings is 3. The second-order valence-corrected chi connectivity index (χ2v) is 11.2. The number of aliphatic hydroxyl groups excluding tert-OH is 1. The first-order chi connectivity index (χ1) is 20.9. The molecule has 0 amide bonds. The molecule has 43 heavy (non-hydrogen) atoms. The number of rotatable bonds is 10. The highest BCUT2D eigenvalue weighted by Gasteiger charge is 2.24. The molecule has 3 heterocycles. The van der Waals surface area contributed by atoms with Crippen LogP contribution in [0.4, 0.5) is 0 Å². The first-order valence-electron chi connectivity index (χ1n) is 14.5. The average molecular weight is 578 g/mol. The van der Waals surface area contributed by atoms with E-state index in [1.165, 1.54) is 12.6 Å². The summed E-state index contributed by atoms with van der Waals surface area (Å²) >= 11 is 0. The number of hydrogen-bond acceptors (Lipinski definition) is 5. The molecule has 6 aromatic rings. The van der Waals surface area contributed by atoms with E-state index in [2.05, 4.69) is 35.0 Å². The minimum Gasteiger partial charge on any atom is -0.491 e. The van der Waals surface area contributed by atoms with Gasteiger partial charge in [-0.25, -0.2) is 4.79 Å². The molecule has 0 aliphatic heterocycles. The predicted molar refractivity (Wildman–Crippen MR) is 169 cm³/mol.